The average Bonchev–Trinajstić information content (AvgIpc) is 2.77. The Bertz CT molecular complexity index is 850. The summed E-state index contributed by atoms with van der Waals surface area (Å²) in [6, 6.07) is 34.3. The maximum absolute atomic E-state index is 10.2. The number of carboxylic acid groups (broad SMARTS) is 1. The van der Waals surface area contributed by atoms with Gasteiger partial charge in [0.1, 0.15) is 0 Å². The number of aromatic carboxylic acids is 1. The molecule has 4 aromatic rings. The Morgan fingerprint density at radius 2 is 0.967 bits per heavy atom. The molecular weight excluding hydrogens is 690 g/mol. The second-order valence-corrected chi connectivity index (χ2v) is 10.6. The van der Waals surface area contributed by atoms with E-state index in [0.29, 0.717) is 0 Å². The molecule has 0 fully saturated rings. The summed E-state index contributed by atoms with van der Waals surface area (Å²) in [4.78, 5) is 13.8. The predicted octanol–water partition coefficient (Wildman–Crippen LogP) is 2.22. The van der Waals surface area contributed by atoms with Gasteiger partial charge in [0.15, 0.2) is 0 Å². The number of carbonyl (C=O) groups is 1. The molecule has 0 spiro atoms. The molecule has 6 heteroatoms. The number of pyridine rings is 1. The van der Waals surface area contributed by atoms with Gasteiger partial charge >= 0.3 is 175 Å². The Balaban J connectivity index is 0.000000201. The first-order chi connectivity index (χ1) is 14.5. The predicted molar refractivity (Wildman–Crippen MR) is 127 cm³/mol. The van der Waals surface area contributed by atoms with Crippen molar-refractivity contribution in [2.24, 2.45) is 0 Å². The number of nitrogens with zero attached hydrogens (tertiary/aromatic N) is 1. The van der Waals surface area contributed by atoms with E-state index in [1.54, 1.807) is 6.07 Å². The molecule has 0 aliphatic rings. The van der Waals surface area contributed by atoms with Crippen molar-refractivity contribution in [3.8, 4) is 0 Å². The number of rotatable bonds is 1. The Hall–Kier alpha value is -1.32. The molecule has 0 saturated carbocycles. The monoisotopic (exact) mass is 714 g/mol. The Labute approximate surface area is 218 Å². The van der Waals surface area contributed by atoms with Crippen LogP contribution in [0.5, 0.6) is 0 Å². The van der Waals surface area contributed by atoms with Crippen molar-refractivity contribution >= 4 is 84.3 Å². The summed E-state index contributed by atoms with van der Waals surface area (Å²) in [5, 5.41) is 8.34. The van der Waals surface area contributed by atoms with Crippen molar-refractivity contribution in [3.63, 3.8) is 0 Å². The zero-order valence-corrected chi connectivity index (χ0v) is 24.8. The molecule has 4 rings (SSSR count). The summed E-state index contributed by atoms with van der Waals surface area (Å²) in [6.45, 7) is 0. The molecule has 0 bridgehead atoms. The first-order valence-electron chi connectivity index (χ1n) is 8.92. The van der Waals surface area contributed by atoms with Crippen molar-refractivity contribution in [3.05, 3.63) is 121 Å². The van der Waals surface area contributed by atoms with E-state index in [2.05, 4.69) is 77.8 Å². The topological polar surface area (TPSA) is 50.2 Å². The van der Waals surface area contributed by atoms with Gasteiger partial charge in [-0.15, -0.1) is 0 Å². The third-order valence-corrected chi connectivity index (χ3v) is 6.08. The van der Waals surface area contributed by atoms with E-state index in [1.807, 2.05) is 18.2 Å². The van der Waals surface area contributed by atoms with Crippen LogP contribution < -0.4 is 10.7 Å². The van der Waals surface area contributed by atoms with E-state index in [-0.39, 0.29) is 5.56 Å². The van der Waals surface area contributed by atoms with Gasteiger partial charge in [0.25, 0.3) is 0 Å². The molecule has 0 unspecified atom stereocenters. The average molecular weight is 711 g/mol. The molecule has 1 aromatic heterocycles. The Morgan fingerprint density at radius 1 is 0.600 bits per heavy atom. The fourth-order valence-corrected chi connectivity index (χ4v) is 3.45. The second kappa shape index (κ2) is 17.4. The van der Waals surface area contributed by atoms with Crippen LogP contribution in [-0.4, -0.2) is 83.6 Å². The van der Waals surface area contributed by atoms with Crippen molar-refractivity contribution in [2.75, 3.05) is 0 Å². The Kier molecular flexibility index (Phi) is 15.5. The van der Waals surface area contributed by atoms with Crippen molar-refractivity contribution in [1.29, 1.82) is 0 Å². The molecule has 1 heterocycles. The molecule has 0 saturated heterocycles. The molecule has 0 amide bonds. The molecule has 30 heavy (non-hydrogen) atoms. The SMILES string of the molecule is O=C(O)c1cccnc1.[Sn][c]1ccccc1.[Sn][c]1ccccc1.[Sn][c]1ccccc1. The van der Waals surface area contributed by atoms with Crippen LogP contribution in [0.3, 0.4) is 0 Å². The molecule has 3 aromatic carbocycles. The van der Waals surface area contributed by atoms with Gasteiger partial charge in [0.05, 0.1) is 5.56 Å². The molecule has 145 valence electrons. The van der Waals surface area contributed by atoms with Gasteiger partial charge < -0.3 is 5.11 Å². The maximum atomic E-state index is 10.2. The number of carboxylic acids is 1. The summed E-state index contributed by atoms with van der Waals surface area (Å²) in [7, 11) is 0. The molecule has 0 aliphatic carbocycles. The number of benzene rings is 3. The summed E-state index contributed by atoms with van der Waals surface area (Å²) in [5.41, 5.74) is 0.220. The molecule has 0 aliphatic heterocycles. The van der Waals surface area contributed by atoms with Gasteiger partial charge in [-0.1, -0.05) is 0 Å². The minimum atomic E-state index is -0.942. The van der Waals surface area contributed by atoms with E-state index in [0.717, 1.165) is 0 Å². The van der Waals surface area contributed by atoms with Crippen LogP contribution >= 0.6 is 0 Å². The quantitative estimate of drug-likeness (QED) is 0.309. The zero-order valence-electron chi connectivity index (χ0n) is 16.3. The van der Waals surface area contributed by atoms with Crippen LogP contribution in [-0.2, 0) is 0 Å². The van der Waals surface area contributed by atoms with Crippen molar-refractivity contribution < 1.29 is 9.90 Å². The second-order valence-electron chi connectivity index (χ2n) is 5.64. The number of aromatic nitrogens is 1. The summed E-state index contributed by atoms with van der Waals surface area (Å²) < 4.78 is 4.24. The number of hydrogen-bond acceptors (Lipinski definition) is 2. The molecule has 0 atom stereocenters. The van der Waals surface area contributed by atoms with Gasteiger partial charge in [-0.25, -0.2) is 4.79 Å². The van der Waals surface area contributed by atoms with E-state index >= 15 is 0 Å². The standard InChI is InChI=1S/C6H5NO2.3C6H5.3Sn/c8-6(9)5-2-1-3-7-4-5;3*1-2-4-6-5-3-1;;;/h1-4H,(H,8,9);3*1-5H;;;. The van der Waals surface area contributed by atoms with Gasteiger partial charge in [0, 0.05) is 12.4 Å². The first-order valence-corrected chi connectivity index (χ1v) is 13.2. The van der Waals surface area contributed by atoms with Crippen LogP contribution in [0.2, 0.25) is 0 Å². The van der Waals surface area contributed by atoms with Crippen LogP contribution in [0.4, 0.5) is 0 Å². The summed E-state index contributed by atoms with van der Waals surface area (Å²) >= 11 is 4.48. The van der Waals surface area contributed by atoms with Crippen molar-refractivity contribution in [1.82, 2.24) is 4.98 Å². The zero-order chi connectivity index (χ0) is 22.0. The van der Waals surface area contributed by atoms with Crippen LogP contribution in [0.1, 0.15) is 10.4 Å². The van der Waals surface area contributed by atoms with E-state index < -0.39 is 5.97 Å². The summed E-state index contributed by atoms with van der Waals surface area (Å²) in [5.74, 6) is -0.942. The van der Waals surface area contributed by atoms with E-state index in [1.165, 1.54) is 96.8 Å². The fourth-order valence-electron chi connectivity index (χ4n) is 1.80. The molecule has 3 nitrogen and oxygen atoms in total. The van der Waals surface area contributed by atoms with Gasteiger partial charge in [0.2, 0.25) is 0 Å². The Morgan fingerprint density at radius 3 is 1.13 bits per heavy atom. The van der Waals surface area contributed by atoms with Crippen molar-refractivity contribution in [2.45, 2.75) is 0 Å². The summed E-state index contributed by atoms with van der Waals surface area (Å²) in [6.07, 6.45) is 2.84. The van der Waals surface area contributed by atoms with Crippen LogP contribution in [0, 0.1) is 0 Å². The third-order valence-electron chi connectivity index (χ3n) is 3.23. The molecule has 9 radical (unpaired) electrons. The third kappa shape index (κ3) is 14.6. The molecular formula is C24H20NO2Sn3. The normalized spacial score (nSPS) is 8.77. The fraction of sp³-hybridized carbons (Fsp3) is 0. The van der Waals surface area contributed by atoms with Crippen LogP contribution in [0.15, 0.2) is 116 Å². The number of hydrogen-bond donors (Lipinski definition) is 1. The first kappa shape index (κ1) is 26.7. The minimum absolute atomic E-state index is 0.220. The van der Waals surface area contributed by atoms with E-state index in [4.69, 9.17) is 5.11 Å². The van der Waals surface area contributed by atoms with E-state index in [9.17, 15) is 4.79 Å². The molecule has 1 N–H and O–H groups in total. The van der Waals surface area contributed by atoms with Gasteiger partial charge in [-0.3, -0.25) is 4.98 Å². The van der Waals surface area contributed by atoms with Crippen LogP contribution in [0.25, 0.3) is 0 Å². The van der Waals surface area contributed by atoms with Gasteiger partial charge in [-0.2, -0.15) is 0 Å². The van der Waals surface area contributed by atoms with Gasteiger partial charge in [-0.05, 0) is 12.1 Å².